The number of carbonyl (C=O) groups is 3. The third-order valence-electron chi connectivity index (χ3n) is 4.42. The van der Waals surface area contributed by atoms with Gasteiger partial charge in [-0.25, -0.2) is 0 Å². The Labute approximate surface area is 186 Å². The molecule has 3 aromatic carbocycles. The van der Waals surface area contributed by atoms with E-state index in [1.54, 1.807) is 60.7 Å². The highest BCUT2D eigenvalue weighted by molar-refractivity contribution is 6.04. The second-order valence-electron chi connectivity index (χ2n) is 6.92. The van der Waals surface area contributed by atoms with E-state index in [1.807, 2.05) is 13.0 Å². The molecule has 0 unspecified atom stereocenters. The van der Waals surface area contributed by atoms with Gasteiger partial charge in [-0.15, -0.1) is 0 Å². The Morgan fingerprint density at radius 2 is 1.56 bits per heavy atom. The van der Waals surface area contributed by atoms with Gasteiger partial charge in [-0.3, -0.25) is 14.4 Å². The number of ether oxygens (including phenoxy) is 2. The first kappa shape index (κ1) is 22.6. The molecule has 7 nitrogen and oxygen atoms in total. The van der Waals surface area contributed by atoms with Crippen LogP contribution in [0.15, 0.2) is 72.8 Å². The summed E-state index contributed by atoms with van der Waals surface area (Å²) < 4.78 is 10.4. The van der Waals surface area contributed by atoms with E-state index in [2.05, 4.69) is 10.6 Å². The molecule has 0 aliphatic carbocycles. The molecule has 2 amide bonds. The molecule has 7 heteroatoms. The molecule has 0 bridgehead atoms. The highest BCUT2D eigenvalue weighted by Crippen LogP contribution is 2.16. The van der Waals surface area contributed by atoms with Crippen molar-refractivity contribution in [2.75, 3.05) is 11.9 Å². The summed E-state index contributed by atoms with van der Waals surface area (Å²) in [6.07, 6.45) is 0. The highest BCUT2D eigenvalue weighted by atomic mass is 16.5. The van der Waals surface area contributed by atoms with Crippen LogP contribution in [0.5, 0.6) is 11.5 Å². The Hall–Kier alpha value is -4.13. The summed E-state index contributed by atoms with van der Waals surface area (Å²) >= 11 is 0. The second kappa shape index (κ2) is 10.8. The van der Waals surface area contributed by atoms with E-state index in [0.717, 1.165) is 5.56 Å². The minimum atomic E-state index is -0.452. The molecule has 0 aliphatic rings. The normalized spacial score (nSPS) is 10.2. The summed E-state index contributed by atoms with van der Waals surface area (Å²) in [6.45, 7) is 4.03. The third-order valence-corrected chi connectivity index (χ3v) is 4.42. The zero-order valence-electron chi connectivity index (χ0n) is 17.9. The SMILES string of the molecule is CCOc1ccc(C(=O)Nc2cccc(CNC(=O)c3cccc(OC(C)=O)c3)c2)cc1. The number of amides is 2. The quantitative estimate of drug-likeness (QED) is 0.411. The standard InChI is InChI=1S/C25H24N2O5/c1-3-31-22-12-10-19(11-13-22)25(30)27-21-8-4-6-18(14-21)16-26-24(29)20-7-5-9-23(15-20)32-17(2)28/h4-15H,3,16H2,1-2H3,(H,26,29)(H,27,30). The first-order valence-corrected chi connectivity index (χ1v) is 10.1. The molecule has 0 saturated heterocycles. The fourth-order valence-electron chi connectivity index (χ4n) is 2.98. The van der Waals surface area contributed by atoms with Crippen LogP contribution in [0, 0.1) is 0 Å². The van der Waals surface area contributed by atoms with Gasteiger partial charge in [0.15, 0.2) is 0 Å². The number of rotatable bonds is 8. The Bertz CT molecular complexity index is 1110. The van der Waals surface area contributed by atoms with Crippen LogP contribution in [0.2, 0.25) is 0 Å². The van der Waals surface area contributed by atoms with Crippen molar-refractivity contribution in [2.45, 2.75) is 20.4 Å². The number of carbonyl (C=O) groups excluding carboxylic acids is 3. The van der Waals surface area contributed by atoms with Gasteiger partial charge >= 0.3 is 5.97 Å². The number of nitrogens with one attached hydrogen (secondary N) is 2. The van der Waals surface area contributed by atoms with E-state index >= 15 is 0 Å². The summed E-state index contributed by atoms with van der Waals surface area (Å²) in [7, 11) is 0. The Kier molecular flexibility index (Phi) is 7.59. The average molecular weight is 432 g/mol. The number of esters is 1. The van der Waals surface area contributed by atoms with Crippen LogP contribution in [0.1, 0.15) is 40.1 Å². The molecule has 3 rings (SSSR count). The number of hydrogen-bond donors (Lipinski definition) is 2. The van der Waals surface area contributed by atoms with Crippen LogP contribution in [-0.4, -0.2) is 24.4 Å². The monoisotopic (exact) mass is 432 g/mol. The van der Waals surface area contributed by atoms with Crippen molar-refractivity contribution in [3.05, 3.63) is 89.5 Å². The van der Waals surface area contributed by atoms with Crippen LogP contribution < -0.4 is 20.1 Å². The van der Waals surface area contributed by atoms with E-state index < -0.39 is 5.97 Å². The van der Waals surface area contributed by atoms with Crippen molar-refractivity contribution in [3.63, 3.8) is 0 Å². The average Bonchev–Trinajstić information content (AvgIpc) is 2.78. The van der Waals surface area contributed by atoms with Crippen LogP contribution in [-0.2, 0) is 11.3 Å². The number of hydrogen-bond acceptors (Lipinski definition) is 5. The predicted octanol–water partition coefficient (Wildman–Crippen LogP) is 4.19. The lowest BCUT2D eigenvalue weighted by Gasteiger charge is -2.10. The Balaban J connectivity index is 1.59. The Morgan fingerprint density at radius 1 is 0.812 bits per heavy atom. The van der Waals surface area contributed by atoms with Crippen LogP contribution in [0.25, 0.3) is 0 Å². The van der Waals surface area contributed by atoms with Crippen molar-refractivity contribution >= 4 is 23.5 Å². The van der Waals surface area contributed by atoms with Gasteiger partial charge < -0.3 is 20.1 Å². The van der Waals surface area contributed by atoms with Gasteiger partial charge in [-0.05, 0) is 67.1 Å². The third kappa shape index (κ3) is 6.43. The van der Waals surface area contributed by atoms with Gasteiger partial charge in [-0.1, -0.05) is 18.2 Å². The highest BCUT2D eigenvalue weighted by Gasteiger charge is 2.09. The molecule has 3 aromatic rings. The maximum absolute atomic E-state index is 12.5. The number of benzene rings is 3. The van der Waals surface area contributed by atoms with E-state index in [-0.39, 0.29) is 18.4 Å². The fourth-order valence-corrected chi connectivity index (χ4v) is 2.98. The van der Waals surface area contributed by atoms with Crippen molar-refractivity contribution < 1.29 is 23.9 Å². The first-order chi connectivity index (χ1) is 15.4. The molecule has 164 valence electrons. The lowest BCUT2D eigenvalue weighted by atomic mass is 10.1. The summed E-state index contributed by atoms with van der Waals surface area (Å²) in [5, 5.41) is 5.67. The molecule has 0 radical (unpaired) electrons. The van der Waals surface area contributed by atoms with E-state index in [0.29, 0.717) is 34.9 Å². The van der Waals surface area contributed by atoms with Crippen LogP contribution in [0.3, 0.4) is 0 Å². The molecular formula is C25H24N2O5. The summed E-state index contributed by atoms with van der Waals surface area (Å²) in [6, 6.07) is 20.5. The lowest BCUT2D eigenvalue weighted by molar-refractivity contribution is -0.131. The molecular weight excluding hydrogens is 408 g/mol. The van der Waals surface area contributed by atoms with Crippen molar-refractivity contribution in [3.8, 4) is 11.5 Å². The van der Waals surface area contributed by atoms with Gasteiger partial charge in [0.1, 0.15) is 11.5 Å². The van der Waals surface area contributed by atoms with Gasteiger partial charge in [0.25, 0.3) is 11.8 Å². The molecule has 0 atom stereocenters. The molecule has 0 aliphatic heterocycles. The van der Waals surface area contributed by atoms with Crippen molar-refractivity contribution in [1.82, 2.24) is 5.32 Å². The molecule has 32 heavy (non-hydrogen) atoms. The minimum absolute atomic E-state index is 0.239. The van der Waals surface area contributed by atoms with Gasteiger partial charge in [-0.2, -0.15) is 0 Å². The van der Waals surface area contributed by atoms with Crippen LogP contribution in [0.4, 0.5) is 5.69 Å². The molecule has 0 saturated carbocycles. The first-order valence-electron chi connectivity index (χ1n) is 10.1. The van der Waals surface area contributed by atoms with Crippen molar-refractivity contribution in [2.24, 2.45) is 0 Å². The zero-order chi connectivity index (χ0) is 22.9. The Morgan fingerprint density at radius 3 is 2.28 bits per heavy atom. The molecule has 2 N–H and O–H groups in total. The number of anilines is 1. The summed E-state index contributed by atoms with van der Waals surface area (Å²) in [5.74, 6) is 0.0235. The zero-order valence-corrected chi connectivity index (χ0v) is 17.9. The van der Waals surface area contributed by atoms with Crippen molar-refractivity contribution in [1.29, 1.82) is 0 Å². The smallest absolute Gasteiger partial charge is 0.308 e. The molecule has 0 fully saturated rings. The summed E-state index contributed by atoms with van der Waals surface area (Å²) in [5.41, 5.74) is 2.33. The minimum Gasteiger partial charge on any atom is -0.494 e. The largest absolute Gasteiger partial charge is 0.494 e. The van der Waals surface area contributed by atoms with Gasteiger partial charge in [0, 0.05) is 30.3 Å². The lowest BCUT2D eigenvalue weighted by Crippen LogP contribution is -2.23. The maximum atomic E-state index is 12.5. The molecule has 0 spiro atoms. The predicted molar refractivity (Wildman–Crippen MR) is 121 cm³/mol. The second-order valence-corrected chi connectivity index (χ2v) is 6.92. The van der Waals surface area contributed by atoms with Gasteiger partial charge in [0.2, 0.25) is 0 Å². The maximum Gasteiger partial charge on any atom is 0.308 e. The van der Waals surface area contributed by atoms with E-state index in [9.17, 15) is 14.4 Å². The fraction of sp³-hybridized carbons (Fsp3) is 0.160. The van der Waals surface area contributed by atoms with E-state index in [4.69, 9.17) is 9.47 Å². The van der Waals surface area contributed by atoms with Crippen LogP contribution >= 0.6 is 0 Å². The molecule has 0 aromatic heterocycles. The van der Waals surface area contributed by atoms with E-state index in [1.165, 1.54) is 13.0 Å². The van der Waals surface area contributed by atoms with Gasteiger partial charge in [0.05, 0.1) is 6.61 Å². The topological polar surface area (TPSA) is 93.7 Å². The summed E-state index contributed by atoms with van der Waals surface area (Å²) in [4.78, 5) is 36.0. The molecule has 0 heterocycles.